The highest BCUT2D eigenvalue weighted by atomic mass is 16.5. The van der Waals surface area contributed by atoms with Crippen molar-refractivity contribution in [1.82, 2.24) is 0 Å². The first-order valence-corrected chi connectivity index (χ1v) is 5.23. The molecular weight excluding hydrogens is 228 g/mol. The van der Waals surface area contributed by atoms with Crippen LogP contribution in [0.15, 0.2) is 48.5 Å². The number of benzene rings is 2. The third-order valence-electron chi connectivity index (χ3n) is 2.33. The van der Waals surface area contributed by atoms with Crippen LogP contribution in [-0.4, -0.2) is 11.1 Å². The van der Waals surface area contributed by atoms with Crippen molar-refractivity contribution >= 4 is 5.97 Å². The van der Waals surface area contributed by atoms with Crippen LogP contribution >= 0.6 is 0 Å². The largest absolute Gasteiger partial charge is 0.508 e. The van der Waals surface area contributed by atoms with Crippen molar-refractivity contribution in [1.29, 1.82) is 0 Å². The zero-order chi connectivity index (χ0) is 12.3. The molecule has 0 saturated heterocycles. The molecule has 0 aliphatic carbocycles. The highest BCUT2D eigenvalue weighted by Gasteiger charge is 2.07. The highest BCUT2D eigenvalue weighted by molar-refractivity contribution is 5.91. The van der Waals surface area contributed by atoms with Gasteiger partial charge in [-0.05, 0) is 43.3 Å². The summed E-state index contributed by atoms with van der Waals surface area (Å²) in [6.07, 6.45) is 0. The molecule has 3 heteroatoms. The Bertz CT molecular complexity index is 512. The molecule has 0 heterocycles. The van der Waals surface area contributed by atoms with E-state index >= 15 is 0 Å². The van der Waals surface area contributed by atoms with Crippen molar-refractivity contribution < 1.29 is 14.6 Å². The first kappa shape index (κ1) is 13.8. The quantitative estimate of drug-likeness (QED) is 0.649. The molecule has 2 rings (SSSR count). The van der Waals surface area contributed by atoms with Gasteiger partial charge in [0, 0.05) is 0 Å². The van der Waals surface area contributed by atoms with Crippen LogP contribution in [0.25, 0.3) is 0 Å². The number of carbonyl (C=O) groups is 1. The SMILES string of the molecule is C.Cc1ccc(OC(=O)c2ccc(O)cc2)cc1. The van der Waals surface area contributed by atoms with Gasteiger partial charge in [-0.15, -0.1) is 0 Å². The highest BCUT2D eigenvalue weighted by Crippen LogP contribution is 2.15. The standard InChI is InChI=1S/C14H12O3.CH4/c1-10-2-8-13(9-3-10)17-14(16)11-4-6-12(15)7-5-11;/h2-9,15H,1H3;1H4. The average molecular weight is 244 g/mol. The van der Waals surface area contributed by atoms with Crippen molar-refractivity contribution in [2.24, 2.45) is 0 Å². The Balaban J connectivity index is 0.00000162. The molecule has 2 aromatic carbocycles. The second-order valence-electron chi connectivity index (χ2n) is 3.75. The fraction of sp³-hybridized carbons (Fsp3) is 0.133. The van der Waals surface area contributed by atoms with Crippen molar-refractivity contribution in [3.63, 3.8) is 0 Å². The predicted octanol–water partition coefficient (Wildman–Crippen LogP) is 3.56. The summed E-state index contributed by atoms with van der Waals surface area (Å²) in [6, 6.07) is 13.2. The number of esters is 1. The molecule has 0 bridgehead atoms. The number of ether oxygens (including phenoxy) is 1. The second-order valence-corrected chi connectivity index (χ2v) is 3.75. The molecule has 18 heavy (non-hydrogen) atoms. The van der Waals surface area contributed by atoms with E-state index in [9.17, 15) is 4.79 Å². The van der Waals surface area contributed by atoms with E-state index in [1.807, 2.05) is 19.1 Å². The van der Waals surface area contributed by atoms with Gasteiger partial charge in [-0.1, -0.05) is 25.1 Å². The fourth-order valence-electron chi connectivity index (χ4n) is 1.37. The number of rotatable bonds is 2. The molecule has 0 aliphatic rings. The lowest BCUT2D eigenvalue weighted by molar-refractivity contribution is 0.0734. The van der Waals surface area contributed by atoms with Crippen molar-refractivity contribution in [3.05, 3.63) is 59.7 Å². The molecule has 0 unspecified atom stereocenters. The number of hydrogen-bond donors (Lipinski definition) is 1. The van der Waals surface area contributed by atoms with Crippen LogP contribution in [0, 0.1) is 6.92 Å². The minimum atomic E-state index is -0.436. The maximum atomic E-state index is 11.7. The first-order chi connectivity index (χ1) is 8.15. The molecule has 3 nitrogen and oxygen atoms in total. The summed E-state index contributed by atoms with van der Waals surface area (Å²) in [6.45, 7) is 1.96. The monoisotopic (exact) mass is 244 g/mol. The normalized spacial score (nSPS) is 9.39. The van der Waals surface area contributed by atoms with Crippen LogP contribution in [0.2, 0.25) is 0 Å². The molecule has 0 amide bonds. The third kappa shape index (κ3) is 3.35. The average Bonchev–Trinajstić information content (AvgIpc) is 2.33. The van der Waals surface area contributed by atoms with Crippen LogP contribution in [-0.2, 0) is 0 Å². The Morgan fingerprint density at radius 3 is 2.11 bits per heavy atom. The Labute approximate surface area is 107 Å². The van der Waals surface area contributed by atoms with Gasteiger partial charge in [0.2, 0.25) is 0 Å². The number of hydrogen-bond acceptors (Lipinski definition) is 3. The maximum absolute atomic E-state index is 11.7. The van der Waals surface area contributed by atoms with Crippen molar-refractivity contribution in [2.45, 2.75) is 14.4 Å². The summed E-state index contributed by atoms with van der Waals surface area (Å²) in [7, 11) is 0. The zero-order valence-electron chi connectivity index (χ0n) is 9.38. The van der Waals surface area contributed by atoms with E-state index in [-0.39, 0.29) is 13.2 Å². The lowest BCUT2D eigenvalue weighted by Crippen LogP contribution is -2.07. The van der Waals surface area contributed by atoms with E-state index in [1.54, 1.807) is 12.1 Å². The Morgan fingerprint density at radius 2 is 1.56 bits per heavy atom. The smallest absolute Gasteiger partial charge is 0.343 e. The van der Waals surface area contributed by atoms with Gasteiger partial charge in [0.25, 0.3) is 0 Å². The van der Waals surface area contributed by atoms with Gasteiger partial charge in [0.1, 0.15) is 11.5 Å². The van der Waals surface area contributed by atoms with Crippen molar-refractivity contribution in [3.8, 4) is 11.5 Å². The Kier molecular flexibility index (Phi) is 4.49. The summed E-state index contributed by atoms with van der Waals surface area (Å²) in [5.74, 6) is 0.194. The van der Waals surface area contributed by atoms with Gasteiger partial charge < -0.3 is 9.84 Å². The number of phenols is 1. The maximum Gasteiger partial charge on any atom is 0.343 e. The van der Waals surface area contributed by atoms with Gasteiger partial charge >= 0.3 is 5.97 Å². The summed E-state index contributed by atoms with van der Waals surface area (Å²) in [5, 5.41) is 9.11. The molecule has 94 valence electrons. The van der Waals surface area contributed by atoms with Gasteiger partial charge in [-0.3, -0.25) is 0 Å². The number of aryl methyl sites for hydroxylation is 1. The predicted molar refractivity (Wildman–Crippen MR) is 71.0 cm³/mol. The minimum Gasteiger partial charge on any atom is -0.508 e. The van der Waals surface area contributed by atoms with E-state index < -0.39 is 5.97 Å². The number of aromatic hydroxyl groups is 1. The molecule has 0 radical (unpaired) electrons. The Morgan fingerprint density at radius 1 is 1.00 bits per heavy atom. The molecule has 0 spiro atoms. The van der Waals surface area contributed by atoms with Crippen LogP contribution in [0.5, 0.6) is 11.5 Å². The molecule has 2 aromatic rings. The number of carbonyl (C=O) groups excluding carboxylic acids is 1. The van der Waals surface area contributed by atoms with Crippen LogP contribution in [0.1, 0.15) is 23.3 Å². The molecule has 0 aromatic heterocycles. The van der Waals surface area contributed by atoms with E-state index in [1.165, 1.54) is 24.3 Å². The molecule has 0 aliphatic heterocycles. The Hall–Kier alpha value is -2.29. The molecule has 0 atom stereocenters. The van der Waals surface area contributed by atoms with E-state index in [0.29, 0.717) is 11.3 Å². The third-order valence-corrected chi connectivity index (χ3v) is 2.33. The molecule has 0 saturated carbocycles. The zero-order valence-corrected chi connectivity index (χ0v) is 9.38. The van der Waals surface area contributed by atoms with Gasteiger partial charge in [-0.2, -0.15) is 0 Å². The lowest BCUT2D eigenvalue weighted by atomic mass is 10.2. The number of phenolic OH excluding ortho intramolecular Hbond substituents is 1. The summed E-state index contributed by atoms with van der Waals surface area (Å²) >= 11 is 0. The summed E-state index contributed by atoms with van der Waals surface area (Å²) in [4.78, 5) is 11.7. The molecule has 1 N–H and O–H groups in total. The van der Waals surface area contributed by atoms with Gasteiger partial charge in [0.15, 0.2) is 0 Å². The second kappa shape index (κ2) is 5.87. The van der Waals surface area contributed by atoms with Gasteiger partial charge in [-0.25, -0.2) is 4.79 Å². The molecule has 0 fully saturated rings. The topological polar surface area (TPSA) is 46.5 Å². The molecular formula is C15H16O3. The first-order valence-electron chi connectivity index (χ1n) is 5.23. The van der Waals surface area contributed by atoms with Crippen LogP contribution in [0.3, 0.4) is 0 Å². The summed E-state index contributed by atoms with van der Waals surface area (Å²) in [5.41, 5.74) is 1.51. The van der Waals surface area contributed by atoms with Crippen LogP contribution < -0.4 is 4.74 Å². The van der Waals surface area contributed by atoms with Crippen molar-refractivity contribution in [2.75, 3.05) is 0 Å². The van der Waals surface area contributed by atoms with Crippen LogP contribution in [0.4, 0.5) is 0 Å². The van der Waals surface area contributed by atoms with E-state index in [2.05, 4.69) is 0 Å². The summed E-state index contributed by atoms with van der Waals surface area (Å²) < 4.78 is 5.17. The van der Waals surface area contributed by atoms with E-state index in [0.717, 1.165) is 5.56 Å². The van der Waals surface area contributed by atoms with E-state index in [4.69, 9.17) is 9.84 Å². The fourth-order valence-corrected chi connectivity index (χ4v) is 1.37. The lowest BCUT2D eigenvalue weighted by Gasteiger charge is -2.04. The minimum absolute atomic E-state index is 0. The van der Waals surface area contributed by atoms with Gasteiger partial charge in [0.05, 0.1) is 5.56 Å².